The Balaban J connectivity index is -0.000000304. The zero-order valence-electron chi connectivity index (χ0n) is 14.2. The van der Waals surface area contributed by atoms with Crippen molar-refractivity contribution in [2.24, 2.45) is 0 Å². The van der Waals surface area contributed by atoms with Crippen LogP contribution in [0.2, 0.25) is 0 Å². The second kappa shape index (κ2) is 22.4. The van der Waals surface area contributed by atoms with E-state index in [9.17, 15) is 9.59 Å². The molecule has 0 amide bonds. The summed E-state index contributed by atoms with van der Waals surface area (Å²) in [5.74, 6) is -1.74. The van der Waals surface area contributed by atoms with Gasteiger partial charge in [-0.25, -0.2) is 0 Å². The molecule has 4 nitrogen and oxygen atoms in total. The molecule has 0 aliphatic heterocycles. The molecule has 0 saturated carbocycles. The lowest BCUT2D eigenvalue weighted by molar-refractivity contribution is -0.139. The molecule has 4 heteroatoms. The van der Waals surface area contributed by atoms with E-state index in [0.717, 1.165) is 0 Å². The molecule has 0 atom stereocenters. The van der Waals surface area contributed by atoms with Crippen LogP contribution in [0.1, 0.15) is 31.2 Å². The van der Waals surface area contributed by atoms with Gasteiger partial charge in [0.25, 0.3) is 0 Å². The predicted octanol–water partition coefficient (Wildman–Crippen LogP) is 5.21. The van der Waals surface area contributed by atoms with Crippen molar-refractivity contribution in [2.45, 2.75) is 25.7 Å². The van der Waals surface area contributed by atoms with Gasteiger partial charge >= 0.3 is 11.9 Å². The van der Waals surface area contributed by atoms with Crippen molar-refractivity contribution < 1.29 is 19.8 Å². The SMILES string of the molecule is C=C.C=C.C=CC=Cc1ccccc1.O=C(O)CCCCC(=O)O. The minimum absolute atomic E-state index is 0.0628. The van der Waals surface area contributed by atoms with Crippen LogP contribution in [0.25, 0.3) is 6.08 Å². The highest BCUT2D eigenvalue weighted by Crippen LogP contribution is 2.00. The highest BCUT2D eigenvalue weighted by molar-refractivity contribution is 5.67. The molecule has 0 aliphatic rings. The third-order valence-electron chi connectivity index (χ3n) is 2.26. The highest BCUT2D eigenvalue weighted by atomic mass is 16.4. The van der Waals surface area contributed by atoms with Crippen molar-refractivity contribution >= 4 is 18.0 Å². The van der Waals surface area contributed by atoms with E-state index in [4.69, 9.17) is 10.2 Å². The van der Waals surface area contributed by atoms with Gasteiger partial charge < -0.3 is 10.2 Å². The first kappa shape index (κ1) is 26.0. The smallest absolute Gasteiger partial charge is 0.303 e. The Kier molecular flexibility index (Phi) is 24.3. The molecule has 0 bridgehead atoms. The molecule has 0 aliphatic carbocycles. The molecule has 24 heavy (non-hydrogen) atoms. The van der Waals surface area contributed by atoms with Crippen LogP contribution in [0.5, 0.6) is 0 Å². The Morgan fingerprint density at radius 3 is 1.62 bits per heavy atom. The Labute approximate surface area is 145 Å². The molecule has 2 N–H and O–H groups in total. The lowest BCUT2D eigenvalue weighted by Gasteiger charge is -1.92. The van der Waals surface area contributed by atoms with E-state index in [0.29, 0.717) is 12.8 Å². The molecular formula is C20H28O4. The first-order valence-corrected chi connectivity index (χ1v) is 7.34. The van der Waals surface area contributed by atoms with Crippen molar-refractivity contribution in [2.75, 3.05) is 0 Å². The number of hydrogen-bond donors (Lipinski definition) is 2. The van der Waals surface area contributed by atoms with Crippen LogP contribution in [0, 0.1) is 0 Å². The van der Waals surface area contributed by atoms with E-state index in [1.807, 2.05) is 30.4 Å². The molecule has 1 rings (SSSR count). The molecule has 0 unspecified atom stereocenters. The average Bonchev–Trinajstić information content (AvgIpc) is 2.61. The summed E-state index contributed by atoms with van der Waals surface area (Å²) in [6.45, 7) is 15.6. The van der Waals surface area contributed by atoms with Gasteiger partial charge in [0.05, 0.1) is 0 Å². The number of allylic oxidation sites excluding steroid dienone is 2. The number of aliphatic carboxylic acids is 2. The zero-order chi connectivity index (χ0) is 19.2. The minimum Gasteiger partial charge on any atom is -0.481 e. The molecule has 1 aromatic rings. The van der Waals surface area contributed by atoms with Gasteiger partial charge in [0.2, 0.25) is 0 Å². The van der Waals surface area contributed by atoms with Crippen LogP contribution >= 0.6 is 0 Å². The standard InChI is InChI=1S/C10H10.C6H10O4.2C2H4/c1-2-3-7-10-8-5-4-6-9-10;7-5(8)3-1-2-4-6(9)10;2*1-2/h2-9H,1H2;1-4H2,(H,7,8)(H,9,10);2*1-2H2. The van der Waals surface area contributed by atoms with Crippen LogP contribution in [0.3, 0.4) is 0 Å². The van der Waals surface area contributed by atoms with Gasteiger partial charge in [-0.15, -0.1) is 26.3 Å². The third kappa shape index (κ3) is 24.2. The number of unbranched alkanes of at least 4 members (excludes halogenated alkanes) is 1. The van der Waals surface area contributed by atoms with Crippen LogP contribution in [-0.4, -0.2) is 22.2 Å². The number of hydrogen-bond acceptors (Lipinski definition) is 2. The van der Waals surface area contributed by atoms with Crippen LogP contribution < -0.4 is 0 Å². The first-order chi connectivity index (χ1) is 11.6. The quantitative estimate of drug-likeness (QED) is 0.408. The summed E-state index contributed by atoms with van der Waals surface area (Å²) in [5, 5.41) is 16.3. The summed E-state index contributed by atoms with van der Waals surface area (Å²) >= 11 is 0. The lowest BCUT2D eigenvalue weighted by atomic mass is 10.2. The number of rotatable bonds is 7. The van der Waals surface area contributed by atoms with Gasteiger partial charge in [-0.1, -0.05) is 55.1 Å². The molecule has 1 aromatic carbocycles. The van der Waals surface area contributed by atoms with Gasteiger partial charge in [-0.3, -0.25) is 9.59 Å². The molecule has 0 radical (unpaired) electrons. The third-order valence-corrected chi connectivity index (χ3v) is 2.26. The minimum atomic E-state index is -0.870. The fourth-order valence-corrected chi connectivity index (χ4v) is 1.30. The van der Waals surface area contributed by atoms with E-state index in [-0.39, 0.29) is 12.8 Å². The monoisotopic (exact) mass is 332 g/mol. The van der Waals surface area contributed by atoms with Crippen molar-refractivity contribution in [3.8, 4) is 0 Å². The Morgan fingerprint density at radius 1 is 0.875 bits per heavy atom. The maximum atomic E-state index is 9.90. The summed E-state index contributed by atoms with van der Waals surface area (Å²) in [6, 6.07) is 10.1. The Hall–Kier alpha value is -2.88. The molecular weight excluding hydrogens is 304 g/mol. The Bertz CT molecular complexity index is 446. The van der Waals surface area contributed by atoms with Gasteiger partial charge in [0.1, 0.15) is 0 Å². The maximum Gasteiger partial charge on any atom is 0.303 e. The summed E-state index contributed by atoms with van der Waals surface area (Å²) < 4.78 is 0. The van der Waals surface area contributed by atoms with Crippen LogP contribution in [0.15, 0.2) is 75.4 Å². The van der Waals surface area contributed by atoms with Gasteiger partial charge in [0.15, 0.2) is 0 Å². The van der Waals surface area contributed by atoms with E-state index >= 15 is 0 Å². The molecule has 132 valence electrons. The number of carboxylic acids is 2. The van der Waals surface area contributed by atoms with Gasteiger partial charge in [-0.05, 0) is 18.4 Å². The van der Waals surface area contributed by atoms with Crippen molar-refractivity contribution in [1.82, 2.24) is 0 Å². The largest absolute Gasteiger partial charge is 0.481 e. The molecule has 0 saturated heterocycles. The Morgan fingerprint density at radius 2 is 1.29 bits per heavy atom. The number of carboxylic acid groups (broad SMARTS) is 2. The predicted molar refractivity (Wildman–Crippen MR) is 102 cm³/mol. The normalized spacial score (nSPS) is 8.33. The van der Waals surface area contributed by atoms with E-state index in [1.165, 1.54) is 5.56 Å². The summed E-state index contributed by atoms with van der Waals surface area (Å²) in [7, 11) is 0. The molecule has 0 spiro atoms. The van der Waals surface area contributed by atoms with E-state index in [2.05, 4.69) is 45.0 Å². The molecule has 0 fully saturated rings. The van der Waals surface area contributed by atoms with Crippen LogP contribution in [0.4, 0.5) is 0 Å². The van der Waals surface area contributed by atoms with Crippen molar-refractivity contribution in [1.29, 1.82) is 0 Å². The lowest BCUT2D eigenvalue weighted by Crippen LogP contribution is -1.97. The summed E-state index contributed by atoms with van der Waals surface area (Å²) in [4.78, 5) is 19.8. The second-order valence-corrected chi connectivity index (χ2v) is 4.00. The van der Waals surface area contributed by atoms with Crippen LogP contribution in [-0.2, 0) is 9.59 Å². The highest BCUT2D eigenvalue weighted by Gasteiger charge is 1.99. The van der Waals surface area contributed by atoms with Crippen molar-refractivity contribution in [3.05, 3.63) is 80.9 Å². The second-order valence-electron chi connectivity index (χ2n) is 4.00. The topological polar surface area (TPSA) is 74.6 Å². The molecule has 0 aromatic heterocycles. The molecule has 0 heterocycles. The fraction of sp³-hybridized carbons (Fsp3) is 0.200. The number of carbonyl (C=O) groups is 2. The number of benzene rings is 1. The first-order valence-electron chi connectivity index (χ1n) is 7.34. The van der Waals surface area contributed by atoms with E-state index in [1.54, 1.807) is 6.08 Å². The van der Waals surface area contributed by atoms with Gasteiger partial charge in [-0.2, -0.15) is 0 Å². The maximum absolute atomic E-state index is 9.90. The van der Waals surface area contributed by atoms with Gasteiger partial charge in [0, 0.05) is 12.8 Å². The average molecular weight is 332 g/mol. The van der Waals surface area contributed by atoms with E-state index < -0.39 is 11.9 Å². The van der Waals surface area contributed by atoms with Crippen molar-refractivity contribution in [3.63, 3.8) is 0 Å². The fourth-order valence-electron chi connectivity index (χ4n) is 1.30. The summed E-state index contributed by atoms with van der Waals surface area (Å²) in [5.41, 5.74) is 1.21. The zero-order valence-corrected chi connectivity index (χ0v) is 14.2. The summed E-state index contributed by atoms with van der Waals surface area (Å²) in [6.07, 6.45) is 6.74.